The summed E-state index contributed by atoms with van der Waals surface area (Å²) < 4.78 is 10.4. The van der Waals surface area contributed by atoms with E-state index in [2.05, 4.69) is 24.4 Å². The number of carbonyl (C=O) groups is 3. The number of piperidine rings is 1. The maximum Gasteiger partial charge on any atom is 0.410 e. The average molecular weight is 531 g/mol. The number of esters is 1. The summed E-state index contributed by atoms with van der Waals surface area (Å²) in [5, 5.41) is 2.84. The molecule has 1 saturated heterocycles. The number of rotatable bonds is 14. The molecule has 214 valence electrons. The maximum atomic E-state index is 12.2. The van der Waals surface area contributed by atoms with Crippen LogP contribution in [0.25, 0.3) is 0 Å². The third kappa shape index (κ3) is 12.3. The quantitative estimate of drug-likeness (QED) is 0.228. The van der Waals surface area contributed by atoms with Crippen molar-refractivity contribution in [3.8, 4) is 0 Å². The lowest BCUT2D eigenvalue weighted by Crippen LogP contribution is -2.43. The summed E-state index contributed by atoms with van der Waals surface area (Å²) >= 11 is 0. The Balaban J connectivity index is 1.66. The van der Waals surface area contributed by atoms with Gasteiger partial charge in [-0.15, -0.1) is 0 Å². The van der Waals surface area contributed by atoms with Crippen LogP contribution in [0.4, 0.5) is 4.79 Å². The third-order valence-electron chi connectivity index (χ3n) is 7.14. The maximum absolute atomic E-state index is 12.2. The SMILES string of the molecule is CCCCCC(=O)N[C@@H](Cc1ccc(CCCCCC2CCN(C(=O)OC(C)(C)C)CC2)cc1)C(=O)OC. The van der Waals surface area contributed by atoms with Crippen LogP contribution in [-0.2, 0) is 31.9 Å². The Kier molecular flexibility index (Phi) is 13.7. The van der Waals surface area contributed by atoms with Gasteiger partial charge in [0.1, 0.15) is 11.6 Å². The monoisotopic (exact) mass is 530 g/mol. The standard InChI is InChI=1S/C31H50N2O5/c1-6-7-9-14-28(34)32-27(29(35)37-5)23-26-17-15-24(16-18-26)12-10-8-11-13-25-19-21-33(22-20-25)30(36)38-31(2,3)4/h15-18,25,27H,6-14,19-23H2,1-5H3,(H,32,34)/t27-/m0/s1. The highest BCUT2D eigenvalue weighted by Gasteiger charge is 2.26. The number of ether oxygens (including phenoxy) is 2. The lowest BCUT2D eigenvalue weighted by molar-refractivity contribution is -0.145. The van der Waals surface area contributed by atoms with Crippen LogP contribution >= 0.6 is 0 Å². The van der Waals surface area contributed by atoms with Crippen molar-refractivity contribution in [1.82, 2.24) is 10.2 Å². The van der Waals surface area contributed by atoms with E-state index in [1.54, 1.807) is 0 Å². The Morgan fingerprint density at radius 2 is 1.63 bits per heavy atom. The number of nitrogens with zero attached hydrogens (tertiary/aromatic N) is 1. The van der Waals surface area contributed by atoms with E-state index in [4.69, 9.17) is 9.47 Å². The molecule has 0 unspecified atom stereocenters. The number of amides is 2. The van der Waals surface area contributed by atoms with Crippen LogP contribution in [-0.4, -0.2) is 54.7 Å². The van der Waals surface area contributed by atoms with Gasteiger partial charge < -0.3 is 19.7 Å². The molecule has 0 spiro atoms. The lowest BCUT2D eigenvalue weighted by atomic mass is 9.91. The molecular formula is C31H50N2O5. The first-order chi connectivity index (χ1) is 18.1. The molecule has 1 N–H and O–H groups in total. The molecule has 7 heteroatoms. The molecule has 7 nitrogen and oxygen atoms in total. The molecule has 1 heterocycles. The van der Waals surface area contributed by atoms with Crippen LogP contribution in [0.1, 0.15) is 103 Å². The number of methoxy groups -OCH3 is 1. The van der Waals surface area contributed by atoms with Gasteiger partial charge in [-0.2, -0.15) is 0 Å². The van der Waals surface area contributed by atoms with Crippen molar-refractivity contribution in [3.05, 3.63) is 35.4 Å². The molecule has 2 rings (SSSR count). The zero-order valence-corrected chi connectivity index (χ0v) is 24.4. The Bertz CT molecular complexity index is 854. The molecule has 0 bridgehead atoms. The van der Waals surface area contributed by atoms with Gasteiger partial charge in [0.25, 0.3) is 0 Å². The summed E-state index contributed by atoms with van der Waals surface area (Å²) in [6.07, 6.45) is 11.5. The second-order valence-electron chi connectivity index (χ2n) is 11.6. The highest BCUT2D eigenvalue weighted by Crippen LogP contribution is 2.24. The summed E-state index contributed by atoms with van der Waals surface area (Å²) in [7, 11) is 1.36. The first-order valence-corrected chi connectivity index (χ1v) is 14.5. The van der Waals surface area contributed by atoms with Gasteiger partial charge >= 0.3 is 12.1 Å². The van der Waals surface area contributed by atoms with Crippen LogP contribution in [0.15, 0.2) is 24.3 Å². The topological polar surface area (TPSA) is 84.9 Å². The number of hydrogen-bond acceptors (Lipinski definition) is 5. The second-order valence-corrected chi connectivity index (χ2v) is 11.6. The molecule has 1 fully saturated rings. The minimum Gasteiger partial charge on any atom is -0.467 e. The van der Waals surface area contributed by atoms with E-state index in [0.29, 0.717) is 18.8 Å². The fraction of sp³-hybridized carbons (Fsp3) is 0.710. The van der Waals surface area contributed by atoms with Gasteiger partial charge in [0.15, 0.2) is 0 Å². The number of nitrogens with one attached hydrogen (secondary N) is 1. The molecule has 1 aromatic carbocycles. The Morgan fingerprint density at radius 3 is 2.24 bits per heavy atom. The van der Waals surface area contributed by atoms with Crippen molar-refractivity contribution in [2.75, 3.05) is 20.2 Å². The minimum atomic E-state index is -0.657. The van der Waals surface area contributed by atoms with E-state index in [0.717, 1.165) is 63.6 Å². The van der Waals surface area contributed by atoms with E-state index >= 15 is 0 Å². The van der Waals surface area contributed by atoms with Gasteiger partial charge in [0, 0.05) is 25.9 Å². The molecule has 0 aliphatic carbocycles. The number of benzene rings is 1. The largest absolute Gasteiger partial charge is 0.467 e. The molecule has 38 heavy (non-hydrogen) atoms. The first kappa shape index (κ1) is 31.6. The molecular weight excluding hydrogens is 480 g/mol. The van der Waals surface area contributed by atoms with Gasteiger partial charge in [-0.3, -0.25) is 4.79 Å². The van der Waals surface area contributed by atoms with E-state index in [1.165, 1.54) is 31.9 Å². The normalized spacial score (nSPS) is 15.1. The van der Waals surface area contributed by atoms with Crippen molar-refractivity contribution < 1.29 is 23.9 Å². The van der Waals surface area contributed by atoms with Crippen LogP contribution in [0.2, 0.25) is 0 Å². The third-order valence-corrected chi connectivity index (χ3v) is 7.14. The number of likely N-dealkylation sites (tertiary alicyclic amines) is 1. The summed E-state index contributed by atoms with van der Waals surface area (Å²) in [5.41, 5.74) is 1.86. The van der Waals surface area contributed by atoms with E-state index in [9.17, 15) is 14.4 Å². The second kappa shape index (κ2) is 16.4. The molecule has 0 aromatic heterocycles. The molecule has 1 aromatic rings. The first-order valence-electron chi connectivity index (χ1n) is 14.5. The zero-order valence-electron chi connectivity index (χ0n) is 24.4. The van der Waals surface area contributed by atoms with Gasteiger partial charge in [-0.25, -0.2) is 9.59 Å². The number of carbonyl (C=O) groups excluding carboxylic acids is 3. The van der Waals surface area contributed by atoms with Crippen LogP contribution in [0.3, 0.4) is 0 Å². The fourth-order valence-corrected chi connectivity index (χ4v) is 4.88. The number of hydrogen-bond donors (Lipinski definition) is 1. The smallest absolute Gasteiger partial charge is 0.410 e. The zero-order chi connectivity index (χ0) is 28.0. The summed E-state index contributed by atoms with van der Waals surface area (Å²) in [4.78, 5) is 38.5. The van der Waals surface area contributed by atoms with E-state index in [-0.39, 0.29) is 12.0 Å². The lowest BCUT2D eigenvalue weighted by Gasteiger charge is -2.33. The molecule has 0 radical (unpaired) electrons. The molecule has 1 atom stereocenters. The van der Waals surface area contributed by atoms with E-state index in [1.807, 2.05) is 37.8 Å². The highest BCUT2D eigenvalue weighted by molar-refractivity contribution is 5.84. The van der Waals surface area contributed by atoms with Gasteiger partial charge in [0.2, 0.25) is 5.91 Å². The molecule has 1 aliphatic heterocycles. The Morgan fingerprint density at radius 1 is 0.974 bits per heavy atom. The van der Waals surface area contributed by atoms with Gasteiger partial charge in [-0.05, 0) is 69.9 Å². The predicted octanol–water partition coefficient (Wildman–Crippen LogP) is 6.22. The van der Waals surface area contributed by atoms with Crippen molar-refractivity contribution in [2.24, 2.45) is 5.92 Å². The average Bonchev–Trinajstić information content (AvgIpc) is 2.88. The van der Waals surface area contributed by atoms with Crippen molar-refractivity contribution in [2.45, 2.75) is 116 Å². The molecule has 1 aliphatic rings. The number of aryl methyl sites for hydroxylation is 1. The Labute approximate surface area is 230 Å². The van der Waals surface area contributed by atoms with E-state index < -0.39 is 17.6 Å². The van der Waals surface area contributed by atoms with Crippen molar-refractivity contribution in [3.63, 3.8) is 0 Å². The Hall–Kier alpha value is -2.57. The van der Waals surface area contributed by atoms with Crippen molar-refractivity contribution >= 4 is 18.0 Å². The van der Waals surface area contributed by atoms with Crippen molar-refractivity contribution in [1.29, 1.82) is 0 Å². The molecule has 2 amide bonds. The number of unbranched alkanes of at least 4 members (excludes halogenated alkanes) is 4. The van der Waals surface area contributed by atoms with Gasteiger partial charge in [0.05, 0.1) is 7.11 Å². The van der Waals surface area contributed by atoms with Crippen LogP contribution in [0, 0.1) is 5.92 Å². The predicted molar refractivity (Wildman–Crippen MR) is 151 cm³/mol. The fourth-order valence-electron chi connectivity index (χ4n) is 4.88. The summed E-state index contributed by atoms with van der Waals surface area (Å²) in [5.74, 6) is 0.190. The highest BCUT2D eigenvalue weighted by atomic mass is 16.6. The minimum absolute atomic E-state index is 0.0981. The van der Waals surface area contributed by atoms with Gasteiger partial charge in [-0.1, -0.05) is 63.3 Å². The molecule has 0 saturated carbocycles. The van der Waals surface area contributed by atoms with Crippen LogP contribution in [0.5, 0.6) is 0 Å². The summed E-state index contributed by atoms with van der Waals surface area (Å²) in [6.45, 7) is 9.41. The summed E-state index contributed by atoms with van der Waals surface area (Å²) in [6, 6.07) is 7.69. The van der Waals surface area contributed by atoms with Crippen LogP contribution < -0.4 is 5.32 Å².